The number of piperazine rings is 1. The molecule has 3 aromatic heterocycles. The van der Waals surface area contributed by atoms with Gasteiger partial charge in [-0.25, -0.2) is 9.36 Å². The van der Waals surface area contributed by atoms with Gasteiger partial charge in [0, 0.05) is 51.2 Å². The lowest BCUT2D eigenvalue weighted by Gasteiger charge is -2.35. The van der Waals surface area contributed by atoms with Crippen molar-refractivity contribution in [3.05, 3.63) is 58.8 Å². The van der Waals surface area contributed by atoms with E-state index in [0.29, 0.717) is 12.4 Å². The van der Waals surface area contributed by atoms with Gasteiger partial charge in [-0.1, -0.05) is 0 Å². The Morgan fingerprint density at radius 1 is 0.963 bits per heavy atom. The smallest absolute Gasteiger partial charge is 0.266 e. The monoisotopic (exact) mass is 366 g/mol. The van der Waals surface area contributed by atoms with E-state index in [2.05, 4.69) is 30.2 Å². The Labute approximate surface area is 156 Å². The Balaban J connectivity index is 1.34. The number of aromatic nitrogens is 6. The van der Waals surface area contributed by atoms with Gasteiger partial charge in [0.25, 0.3) is 5.56 Å². The molecule has 4 heterocycles. The summed E-state index contributed by atoms with van der Waals surface area (Å²) in [4.78, 5) is 16.7. The zero-order valence-electron chi connectivity index (χ0n) is 15.3. The Morgan fingerprint density at radius 2 is 1.78 bits per heavy atom. The molecule has 1 aliphatic heterocycles. The molecule has 1 fully saturated rings. The molecule has 0 amide bonds. The molecule has 140 valence electrons. The van der Waals surface area contributed by atoms with E-state index >= 15 is 0 Å². The van der Waals surface area contributed by atoms with Crippen LogP contribution in [-0.4, -0.2) is 67.4 Å². The van der Waals surface area contributed by atoms with Gasteiger partial charge in [0.15, 0.2) is 11.6 Å². The molecule has 0 aromatic carbocycles. The van der Waals surface area contributed by atoms with Crippen molar-refractivity contribution in [3.63, 3.8) is 0 Å². The van der Waals surface area contributed by atoms with Gasteiger partial charge in [-0.05, 0) is 31.2 Å². The summed E-state index contributed by atoms with van der Waals surface area (Å²) in [5.74, 6) is 1.56. The van der Waals surface area contributed by atoms with Crippen molar-refractivity contribution in [1.29, 1.82) is 0 Å². The summed E-state index contributed by atoms with van der Waals surface area (Å²) in [6.45, 7) is 6.90. The Bertz CT molecular complexity index is 927. The first-order chi connectivity index (χ1) is 13.2. The van der Waals surface area contributed by atoms with Crippen molar-refractivity contribution in [2.45, 2.75) is 13.5 Å². The average Bonchev–Trinajstić information content (AvgIpc) is 3.23. The summed E-state index contributed by atoms with van der Waals surface area (Å²) in [5, 5.41) is 17.0. The molecule has 27 heavy (non-hydrogen) atoms. The normalized spacial score (nSPS) is 15.2. The van der Waals surface area contributed by atoms with E-state index in [-0.39, 0.29) is 5.56 Å². The third kappa shape index (κ3) is 4.03. The van der Waals surface area contributed by atoms with E-state index < -0.39 is 0 Å². The van der Waals surface area contributed by atoms with E-state index in [4.69, 9.17) is 0 Å². The molecule has 9 nitrogen and oxygen atoms in total. The largest absolute Gasteiger partial charge is 0.353 e. The highest BCUT2D eigenvalue weighted by molar-refractivity contribution is 5.37. The SMILES string of the molecule is Cc1ccc(N2CCN(CCn3nc(-n4cccn4)ccc3=O)CC2)nn1. The van der Waals surface area contributed by atoms with Crippen LogP contribution in [0.2, 0.25) is 0 Å². The lowest BCUT2D eigenvalue weighted by Crippen LogP contribution is -2.48. The maximum atomic E-state index is 12.1. The van der Waals surface area contributed by atoms with Crippen molar-refractivity contribution >= 4 is 5.82 Å². The van der Waals surface area contributed by atoms with Gasteiger partial charge in [0.05, 0.1) is 12.2 Å². The lowest BCUT2D eigenvalue weighted by atomic mass is 10.3. The third-order valence-electron chi connectivity index (χ3n) is 4.70. The second-order valence-corrected chi connectivity index (χ2v) is 6.57. The molecule has 0 saturated carbocycles. The first-order valence-corrected chi connectivity index (χ1v) is 9.05. The summed E-state index contributed by atoms with van der Waals surface area (Å²) in [6, 6.07) is 9.06. The number of hydrogen-bond acceptors (Lipinski definition) is 7. The van der Waals surface area contributed by atoms with Crippen LogP contribution >= 0.6 is 0 Å². The summed E-state index contributed by atoms with van der Waals surface area (Å²) in [6.07, 6.45) is 3.50. The molecular weight excluding hydrogens is 344 g/mol. The predicted molar refractivity (Wildman–Crippen MR) is 101 cm³/mol. The molecule has 0 aliphatic carbocycles. The van der Waals surface area contributed by atoms with Gasteiger partial charge in [0.2, 0.25) is 0 Å². The third-order valence-corrected chi connectivity index (χ3v) is 4.70. The minimum absolute atomic E-state index is 0.0977. The molecule has 3 aromatic rings. The van der Waals surface area contributed by atoms with Crippen LogP contribution in [0.3, 0.4) is 0 Å². The number of rotatable bonds is 5. The maximum Gasteiger partial charge on any atom is 0.266 e. The molecule has 0 bridgehead atoms. The summed E-state index contributed by atoms with van der Waals surface area (Å²) >= 11 is 0. The lowest BCUT2D eigenvalue weighted by molar-refractivity contribution is 0.242. The molecule has 0 atom stereocenters. The van der Waals surface area contributed by atoms with Crippen molar-refractivity contribution < 1.29 is 0 Å². The van der Waals surface area contributed by atoms with Crippen molar-refractivity contribution in [3.8, 4) is 5.82 Å². The second kappa shape index (κ2) is 7.67. The summed E-state index contributed by atoms with van der Waals surface area (Å²) in [7, 11) is 0. The van der Waals surface area contributed by atoms with Gasteiger partial charge >= 0.3 is 0 Å². The molecule has 0 N–H and O–H groups in total. The van der Waals surface area contributed by atoms with Gasteiger partial charge < -0.3 is 4.90 Å². The average molecular weight is 366 g/mol. The summed E-state index contributed by atoms with van der Waals surface area (Å²) in [5.41, 5.74) is 0.826. The Kier molecular flexibility index (Phi) is 4.93. The fourth-order valence-corrected chi connectivity index (χ4v) is 3.12. The predicted octanol–water partition coefficient (Wildman–Crippen LogP) is 0.350. The van der Waals surface area contributed by atoms with Crippen LogP contribution in [-0.2, 0) is 6.54 Å². The zero-order valence-corrected chi connectivity index (χ0v) is 15.3. The maximum absolute atomic E-state index is 12.1. The first-order valence-electron chi connectivity index (χ1n) is 9.05. The van der Waals surface area contributed by atoms with Crippen LogP contribution in [0.4, 0.5) is 5.82 Å². The van der Waals surface area contributed by atoms with Crippen molar-refractivity contribution in [2.75, 3.05) is 37.6 Å². The highest BCUT2D eigenvalue weighted by Gasteiger charge is 2.18. The molecule has 0 radical (unpaired) electrons. The molecule has 9 heteroatoms. The second-order valence-electron chi connectivity index (χ2n) is 6.57. The van der Waals surface area contributed by atoms with Crippen molar-refractivity contribution in [1.82, 2.24) is 34.7 Å². The van der Waals surface area contributed by atoms with Gasteiger partial charge in [-0.2, -0.15) is 10.2 Å². The molecule has 0 unspecified atom stereocenters. The van der Waals surface area contributed by atoms with Crippen LogP contribution in [0.25, 0.3) is 5.82 Å². The van der Waals surface area contributed by atoms with Gasteiger partial charge in [-0.15, -0.1) is 10.2 Å². The van der Waals surface area contributed by atoms with E-state index in [1.807, 2.05) is 31.3 Å². The fraction of sp³-hybridized carbons (Fsp3) is 0.389. The number of hydrogen-bond donors (Lipinski definition) is 0. The molecule has 1 saturated heterocycles. The number of anilines is 1. The van der Waals surface area contributed by atoms with Crippen LogP contribution < -0.4 is 10.5 Å². The fourth-order valence-electron chi connectivity index (χ4n) is 3.12. The van der Waals surface area contributed by atoms with E-state index in [1.165, 1.54) is 10.7 Å². The Morgan fingerprint density at radius 3 is 2.48 bits per heavy atom. The Hall–Kier alpha value is -3.07. The quantitative estimate of drug-likeness (QED) is 0.644. The van der Waals surface area contributed by atoms with E-state index in [0.717, 1.165) is 44.2 Å². The van der Waals surface area contributed by atoms with E-state index in [9.17, 15) is 4.79 Å². The van der Waals surface area contributed by atoms with Gasteiger partial charge in [-0.3, -0.25) is 9.69 Å². The first kappa shape index (κ1) is 17.3. The number of aryl methyl sites for hydroxylation is 1. The van der Waals surface area contributed by atoms with Crippen LogP contribution in [0.15, 0.2) is 47.5 Å². The minimum atomic E-state index is -0.0977. The van der Waals surface area contributed by atoms with Crippen LogP contribution in [0.1, 0.15) is 5.69 Å². The molecule has 1 aliphatic rings. The van der Waals surface area contributed by atoms with Crippen LogP contribution in [0, 0.1) is 6.92 Å². The topological polar surface area (TPSA) is 85.0 Å². The highest BCUT2D eigenvalue weighted by Crippen LogP contribution is 2.12. The van der Waals surface area contributed by atoms with Gasteiger partial charge in [0.1, 0.15) is 0 Å². The number of nitrogens with zero attached hydrogens (tertiary/aromatic N) is 8. The zero-order chi connectivity index (χ0) is 18.6. The standard InChI is InChI=1S/C18H22N8O/c1-15-3-4-16(21-20-15)24-12-9-23(10-13-24)11-14-26-18(27)6-5-17(22-26)25-8-2-7-19-25/h2-8H,9-14H2,1H3. The van der Waals surface area contributed by atoms with Crippen molar-refractivity contribution in [2.24, 2.45) is 0 Å². The summed E-state index contributed by atoms with van der Waals surface area (Å²) < 4.78 is 3.16. The minimum Gasteiger partial charge on any atom is -0.353 e. The molecule has 4 rings (SSSR count). The van der Waals surface area contributed by atoms with Crippen LogP contribution in [0.5, 0.6) is 0 Å². The molecular formula is C18H22N8O. The van der Waals surface area contributed by atoms with E-state index in [1.54, 1.807) is 16.9 Å². The highest BCUT2D eigenvalue weighted by atomic mass is 16.1. The molecule has 0 spiro atoms.